The molecule has 4 aromatic carbocycles. The van der Waals surface area contributed by atoms with Crippen molar-refractivity contribution in [2.24, 2.45) is 0 Å². The average Bonchev–Trinajstić information content (AvgIpc) is 3.01. The van der Waals surface area contributed by atoms with Gasteiger partial charge in [0.15, 0.2) is 5.56 Å². The van der Waals surface area contributed by atoms with Crippen molar-refractivity contribution in [3.05, 3.63) is 130 Å². The number of nitrogens with one attached hydrogen (secondary N) is 1. The lowest BCUT2D eigenvalue weighted by Crippen LogP contribution is -2.37. The second kappa shape index (κ2) is 12.4. The van der Waals surface area contributed by atoms with Crippen LogP contribution < -0.4 is 10.9 Å². The van der Waals surface area contributed by atoms with E-state index in [-0.39, 0.29) is 17.8 Å². The Morgan fingerprint density at radius 1 is 0.795 bits per heavy atom. The molecule has 222 valence electrons. The van der Waals surface area contributed by atoms with Gasteiger partial charge >= 0.3 is 5.97 Å². The van der Waals surface area contributed by atoms with Crippen LogP contribution in [0.1, 0.15) is 42.3 Å². The lowest BCUT2D eigenvalue weighted by atomic mass is 9.87. The number of carboxylic acids is 1. The second-order valence-corrected chi connectivity index (χ2v) is 11.5. The van der Waals surface area contributed by atoms with Crippen LogP contribution in [0.3, 0.4) is 0 Å². The lowest BCUT2D eigenvalue weighted by Gasteiger charge is -2.21. The standard InChI is InChI=1S/C36H33N3O5/c1-36(2,3)26-19-17-23(18-20-26)22-39-32(38-34(43)31(35(39)44)33(42)37-21-29(40)41)30-27(24-11-6-4-7-12-24)15-10-16-28(30)25-13-8-5-9-14-25/h4-20,43H,21-22H2,1-3H3,(H,37,42)(H,40,41). The highest BCUT2D eigenvalue weighted by Gasteiger charge is 2.27. The summed E-state index contributed by atoms with van der Waals surface area (Å²) in [7, 11) is 0. The summed E-state index contributed by atoms with van der Waals surface area (Å²) in [6, 6.07) is 32.9. The molecule has 0 unspecified atom stereocenters. The van der Waals surface area contributed by atoms with E-state index in [0.717, 1.165) is 33.4 Å². The van der Waals surface area contributed by atoms with Crippen molar-refractivity contribution in [2.75, 3.05) is 6.54 Å². The van der Waals surface area contributed by atoms with Crippen molar-refractivity contribution in [3.8, 4) is 39.5 Å². The molecule has 5 rings (SSSR count). The number of aromatic nitrogens is 2. The molecular formula is C36H33N3O5. The Morgan fingerprint density at radius 2 is 1.34 bits per heavy atom. The summed E-state index contributed by atoms with van der Waals surface area (Å²) in [5, 5.41) is 22.3. The van der Waals surface area contributed by atoms with Gasteiger partial charge in [-0.2, -0.15) is 4.98 Å². The Balaban J connectivity index is 1.80. The van der Waals surface area contributed by atoms with Crippen LogP contribution in [-0.4, -0.2) is 38.2 Å². The fraction of sp³-hybridized carbons (Fsp3) is 0.167. The van der Waals surface area contributed by atoms with Gasteiger partial charge in [0.05, 0.1) is 6.54 Å². The number of hydrogen-bond donors (Lipinski definition) is 3. The third kappa shape index (κ3) is 6.29. The number of rotatable bonds is 8. The van der Waals surface area contributed by atoms with Crippen molar-refractivity contribution in [3.63, 3.8) is 0 Å². The minimum Gasteiger partial charge on any atom is -0.493 e. The van der Waals surface area contributed by atoms with E-state index in [1.54, 1.807) is 0 Å². The molecule has 0 radical (unpaired) electrons. The monoisotopic (exact) mass is 587 g/mol. The van der Waals surface area contributed by atoms with Crippen molar-refractivity contribution in [1.29, 1.82) is 0 Å². The third-order valence-electron chi connectivity index (χ3n) is 7.40. The van der Waals surface area contributed by atoms with Gasteiger partial charge in [-0.15, -0.1) is 0 Å². The van der Waals surface area contributed by atoms with E-state index in [9.17, 15) is 19.5 Å². The summed E-state index contributed by atoms with van der Waals surface area (Å²) < 4.78 is 1.37. The van der Waals surface area contributed by atoms with Crippen LogP contribution in [0.15, 0.2) is 108 Å². The maximum atomic E-state index is 14.2. The number of benzene rings is 4. The SMILES string of the molecule is CC(C)(C)c1ccc(Cn2c(-c3c(-c4ccccc4)cccc3-c3ccccc3)nc(O)c(C(=O)NCC(=O)O)c2=O)cc1. The minimum atomic E-state index is -1.29. The topological polar surface area (TPSA) is 122 Å². The Kier molecular flexibility index (Phi) is 8.44. The molecule has 8 heteroatoms. The number of nitrogens with zero attached hydrogens (tertiary/aromatic N) is 2. The number of aromatic hydroxyl groups is 1. The normalized spacial score (nSPS) is 11.2. The zero-order valence-electron chi connectivity index (χ0n) is 24.7. The first-order valence-electron chi connectivity index (χ1n) is 14.2. The Hall–Kier alpha value is -5.50. The van der Waals surface area contributed by atoms with E-state index < -0.39 is 35.4 Å². The maximum Gasteiger partial charge on any atom is 0.322 e. The number of carbonyl (C=O) groups is 2. The van der Waals surface area contributed by atoms with Gasteiger partial charge in [0, 0.05) is 5.56 Å². The number of carboxylic acid groups (broad SMARTS) is 1. The average molecular weight is 588 g/mol. The molecule has 0 saturated heterocycles. The predicted molar refractivity (Wildman–Crippen MR) is 171 cm³/mol. The second-order valence-electron chi connectivity index (χ2n) is 11.5. The first kappa shape index (κ1) is 30.0. The van der Waals surface area contributed by atoms with Crippen LogP contribution >= 0.6 is 0 Å². The third-order valence-corrected chi connectivity index (χ3v) is 7.40. The van der Waals surface area contributed by atoms with Crippen LogP contribution in [0.25, 0.3) is 33.6 Å². The van der Waals surface area contributed by atoms with E-state index in [1.807, 2.05) is 103 Å². The van der Waals surface area contributed by atoms with Crippen molar-refractivity contribution in [1.82, 2.24) is 14.9 Å². The van der Waals surface area contributed by atoms with Gasteiger partial charge in [0.2, 0.25) is 5.88 Å². The Labute approximate surface area is 255 Å². The van der Waals surface area contributed by atoms with Crippen LogP contribution in [0.4, 0.5) is 0 Å². The summed E-state index contributed by atoms with van der Waals surface area (Å²) in [5.41, 5.74) is 4.30. The maximum absolute atomic E-state index is 14.2. The number of aliphatic carboxylic acids is 1. The zero-order valence-corrected chi connectivity index (χ0v) is 24.7. The highest BCUT2D eigenvalue weighted by Crippen LogP contribution is 2.40. The molecule has 0 spiro atoms. The summed E-state index contributed by atoms with van der Waals surface area (Å²) in [6.07, 6.45) is 0. The largest absolute Gasteiger partial charge is 0.493 e. The molecular weight excluding hydrogens is 554 g/mol. The lowest BCUT2D eigenvalue weighted by molar-refractivity contribution is -0.135. The summed E-state index contributed by atoms with van der Waals surface area (Å²) in [4.78, 5) is 42.7. The first-order valence-corrected chi connectivity index (χ1v) is 14.2. The van der Waals surface area contributed by atoms with Gasteiger partial charge in [-0.1, -0.05) is 124 Å². The fourth-order valence-electron chi connectivity index (χ4n) is 5.13. The predicted octanol–water partition coefficient (Wildman–Crippen LogP) is 6.11. The summed E-state index contributed by atoms with van der Waals surface area (Å²) in [6.45, 7) is 5.66. The van der Waals surface area contributed by atoms with Gasteiger partial charge in [0.25, 0.3) is 11.5 Å². The zero-order chi connectivity index (χ0) is 31.4. The molecule has 44 heavy (non-hydrogen) atoms. The van der Waals surface area contributed by atoms with Gasteiger partial charge < -0.3 is 15.5 Å². The van der Waals surface area contributed by atoms with E-state index in [1.165, 1.54) is 4.57 Å². The van der Waals surface area contributed by atoms with Crippen LogP contribution in [0, 0.1) is 0 Å². The van der Waals surface area contributed by atoms with Crippen LogP contribution in [-0.2, 0) is 16.8 Å². The van der Waals surface area contributed by atoms with E-state index >= 15 is 0 Å². The molecule has 0 atom stereocenters. The van der Waals surface area contributed by atoms with Crippen LogP contribution in [0.5, 0.6) is 5.88 Å². The van der Waals surface area contributed by atoms with Crippen LogP contribution in [0.2, 0.25) is 0 Å². The van der Waals surface area contributed by atoms with Crippen molar-refractivity contribution < 1.29 is 19.8 Å². The van der Waals surface area contributed by atoms with Gasteiger partial charge in [-0.25, -0.2) is 0 Å². The van der Waals surface area contributed by atoms with Gasteiger partial charge in [0.1, 0.15) is 12.4 Å². The molecule has 0 aliphatic heterocycles. The molecule has 1 heterocycles. The summed E-state index contributed by atoms with van der Waals surface area (Å²) >= 11 is 0. The fourth-order valence-corrected chi connectivity index (χ4v) is 5.13. The first-order chi connectivity index (χ1) is 21.0. The molecule has 0 aliphatic rings. The smallest absolute Gasteiger partial charge is 0.322 e. The molecule has 0 aliphatic carbocycles. The quantitative estimate of drug-likeness (QED) is 0.201. The molecule has 8 nitrogen and oxygen atoms in total. The molecule has 0 saturated carbocycles. The van der Waals surface area contributed by atoms with E-state index in [0.29, 0.717) is 5.56 Å². The molecule has 0 fully saturated rings. The molecule has 0 bridgehead atoms. The number of amides is 1. The Bertz CT molecular complexity index is 1820. The highest BCUT2D eigenvalue weighted by molar-refractivity contribution is 5.98. The highest BCUT2D eigenvalue weighted by atomic mass is 16.4. The summed E-state index contributed by atoms with van der Waals surface area (Å²) in [5.74, 6) is -2.93. The number of carbonyl (C=O) groups excluding carboxylic acids is 1. The van der Waals surface area contributed by atoms with E-state index in [2.05, 4.69) is 31.1 Å². The van der Waals surface area contributed by atoms with Gasteiger partial charge in [-0.3, -0.25) is 19.0 Å². The molecule has 5 aromatic rings. The minimum absolute atomic E-state index is 0.0441. The van der Waals surface area contributed by atoms with Gasteiger partial charge in [-0.05, 0) is 38.8 Å². The molecule has 1 amide bonds. The molecule has 3 N–H and O–H groups in total. The number of hydrogen-bond acceptors (Lipinski definition) is 5. The Morgan fingerprint density at radius 3 is 1.84 bits per heavy atom. The van der Waals surface area contributed by atoms with E-state index in [4.69, 9.17) is 5.11 Å². The molecule has 1 aromatic heterocycles. The van der Waals surface area contributed by atoms with Crippen molar-refractivity contribution >= 4 is 11.9 Å². The van der Waals surface area contributed by atoms with Crippen molar-refractivity contribution in [2.45, 2.75) is 32.7 Å².